The Morgan fingerprint density at radius 2 is 1.79 bits per heavy atom. The van der Waals surface area contributed by atoms with E-state index in [1.54, 1.807) is 0 Å². The van der Waals surface area contributed by atoms with Gasteiger partial charge < -0.3 is 0 Å². The average Bonchev–Trinajstić information content (AvgIpc) is 2.56. The van der Waals surface area contributed by atoms with Gasteiger partial charge in [-0.2, -0.15) is 5.10 Å². The highest BCUT2D eigenvalue weighted by molar-refractivity contribution is 9.10. The minimum atomic E-state index is -0.0732. The molecule has 0 aromatic carbocycles. The molecule has 2 heterocycles. The summed E-state index contributed by atoms with van der Waals surface area (Å²) in [5, 5.41) is 4.39. The molecule has 0 saturated carbocycles. The zero-order chi connectivity index (χ0) is 14.0. The van der Waals surface area contributed by atoms with Gasteiger partial charge in [0.05, 0.1) is 22.4 Å². The maximum absolute atomic E-state index is 12.0. The maximum Gasteiger partial charge on any atom is 0.229 e. The maximum atomic E-state index is 12.0. The molecule has 6 heteroatoms. The molecular formula is C13H18BrN3O2. The number of amides is 2. The van der Waals surface area contributed by atoms with Crippen molar-refractivity contribution in [3.8, 4) is 0 Å². The van der Waals surface area contributed by atoms with Crippen molar-refractivity contribution in [1.29, 1.82) is 0 Å². The van der Waals surface area contributed by atoms with Gasteiger partial charge in [-0.3, -0.25) is 19.2 Å². The Morgan fingerprint density at radius 1 is 1.21 bits per heavy atom. The number of hydrogen-bond donors (Lipinski definition) is 0. The van der Waals surface area contributed by atoms with E-state index in [1.165, 1.54) is 4.90 Å². The third-order valence-corrected chi connectivity index (χ3v) is 4.43. The number of hydrogen-bond acceptors (Lipinski definition) is 3. The summed E-state index contributed by atoms with van der Waals surface area (Å²) in [6.45, 7) is 4.94. The molecule has 0 unspecified atom stereocenters. The first-order valence-corrected chi connectivity index (χ1v) is 7.38. The van der Waals surface area contributed by atoms with E-state index in [2.05, 4.69) is 21.0 Å². The number of aryl methyl sites for hydroxylation is 2. The van der Waals surface area contributed by atoms with Crippen LogP contribution in [-0.4, -0.2) is 26.5 Å². The first-order chi connectivity index (χ1) is 9.04. The molecule has 2 rings (SSSR count). The van der Waals surface area contributed by atoms with Gasteiger partial charge >= 0.3 is 0 Å². The molecule has 0 N–H and O–H groups in total. The first-order valence-electron chi connectivity index (χ1n) is 6.59. The molecule has 0 aliphatic carbocycles. The lowest BCUT2D eigenvalue weighted by Gasteiger charge is -2.19. The van der Waals surface area contributed by atoms with Crippen LogP contribution in [0.2, 0.25) is 0 Å². The van der Waals surface area contributed by atoms with Crippen LogP contribution in [0.5, 0.6) is 0 Å². The van der Waals surface area contributed by atoms with Crippen molar-refractivity contribution in [2.75, 3.05) is 0 Å². The second-order valence-electron chi connectivity index (χ2n) is 4.74. The molecule has 1 aliphatic rings. The van der Waals surface area contributed by atoms with E-state index in [4.69, 9.17) is 0 Å². The Kier molecular flexibility index (Phi) is 4.39. The SMILES string of the molecule is CCn1nc(C)c(Br)c1CN1C(=O)CCCCC1=O. The third kappa shape index (κ3) is 2.88. The largest absolute Gasteiger partial charge is 0.277 e. The van der Waals surface area contributed by atoms with Crippen LogP contribution in [0.25, 0.3) is 0 Å². The number of carbonyl (C=O) groups excluding carboxylic acids is 2. The average molecular weight is 328 g/mol. The summed E-state index contributed by atoms with van der Waals surface area (Å²) < 4.78 is 2.73. The fourth-order valence-electron chi connectivity index (χ4n) is 2.31. The lowest BCUT2D eigenvalue weighted by atomic mass is 10.2. The molecule has 5 nitrogen and oxygen atoms in total. The second-order valence-corrected chi connectivity index (χ2v) is 5.54. The minimum Gasteiger partial charge on any atom is -0.277 e. The fourth-order valence-corrected chi connectivity index (χ4v) is 2.72. The molecule has 1 fully saturated rings. The summed E-state index contributed by atoms with van der Waals surface area (Å²) in [7, 11) is 0. The zero-order valence-electron chi connectivity index (χ0n) is 11.3. The zero-order valence-corrected chi connectivity index (χ0v) is 12.9. The number of imide groups is 1. The predicted molar refractivity (Wildman–Crippen MR) is 74.4 cm³/mol. The third-order valence-electron chi connectivity index (χ3n) is 3.39. The van der Waals surface area contributed by atoms with Gasteiger partial charge in [0.25, 0.3) is 0 Å². The molecule has 19 heavy (non-hydrogen) atoms. The van der Waals surface area contributed by atoms with Crippen LogP contribution in [0.4, 0.5) is 0 Å². The van der Waals surface area contributed by atoms with Crippen LogP contribution >= 0.6 is 15.9 Å². The standard InChI is InChI=1S/C13H18BrN3O2/c1-3-17-10(13(14)9(2)15-17)8-16-11(18)6-4-5-7-12(16)19/h3-8H2,1-2H3. The fraction of sp³-hybridized carbons (Fsp3) is 0.615. The number of likely N-dealkylation sites (tertiary alicyclic amines) is 1. The molecule has 104 valence electrons. The van der Waals surface area contributed by atoms with Crippen LogP contribution in [0.1, 0.15) is 44.0 Å². The van der Waals surface area contributed by atoms with E-state index in [9.17, 15) is 9.59 Å². The van der Waals surface area contributed by atoms with Crippen LogP contribution in [-0.2, 0) is 22.7 Å². The number of aromatic nitrogens is 2. The smallest absolute Gasteiger partial charge is 0.229 e. The lowest BCUT2D eigenvalue weighted by molar-refractivity contribution is -0.144. The van der Waals surface area contributed by atoms with Crippen LogP contribution < -0.4 is 0 Å². The Morgan fingerprint density at radius 3 is 2.32 bits per heavy atom. The molecule has 1 saturated heterocycles. The van der Waals surface area contributed by atoms with Crippen molar-refractivity contribution in [1.82, 2.24) is 14.7 Å². The molecule has 0 atom stereocenters. The van der Waals surface area contributed by atoms with Gasteiger partial charge in [0, 0.05) is 19.4 Å². The van der Waals surface area contributed by atoms with Crippen molar-refractivity contribution in [3.05, 3.63) is 15.9 Å². The summed E-state index contributed by atoms with van der Waals surface area (Å²) in [5.41, 5.74) is 1.77. The second kappa shape index (κ2) is 5.86. The molecule has 1 aliphatic heterocycles. The van der Waals surface area contributed by atoms with Gasteiger partial charge in [-0.15, -0.1) is 0 Å². The minimum absolute atomic E-state index is 0.0732. The Balaban J connectivity index is 2.28. The van der Waals surface area contributed by atoms with Gasteiger partial charge in [-0.1, -0.05) is 0 Å². The molecule has 0 bridgehead atoms. The monoisotopic (exact) mass is 327 g/mol. The molecule has 2 amide bonds. The molecule has 1 aromatic rings. The number of nitrogens with zero attached hydrogens (tertiary/aromatic N) is 3. The topological polar surface area (TPSA) is 55.2 Å². The van der Waals surface area contributed by atoms with Gasteiger partial charge in [0.1, 0.15) is 0 Å². The summed E-state index contributed by atoms with van der Waals surface area (Å²) in [6.07, 6.45) is 2.52. The van der Waals surface area contributed by atoms with Crippen molar-refractivity contribution in [3.63, 3.8) is 0 Å². The van der Waals surface area contributed by atoms with Gasteiger partial charge in [0.2, 0.25) is 11.8 Å². The predicted octanol–water partition coefficient (Wildman–Crippen LogP) is 2.40. The van der Waals surface area contributed by atoms with E-state index < -0.39 is 0 Å². The summed E-state index contributed by atoms with van der Waals surface area (Å²) >= 11 is 3.50. The summed E-state index contributed by atoms with van der Waals surface area (Å²) in [4.78, 5) is 25.4. The van der Waals surface area contributed by atoms with Crippen LogP contribution in [0.3, 0.4) is 0 Å². The molecule has 1 aromatic heterocycles. The van der Waals surface area contributed by atoms with Gasteiger partial charge in [-0.05, 0) is 42.6 Å². The Bertz CT molecular complexity index is 492. The number of halogens is 1. The van der Waals surface area contributed by atoms with Crippen molar-refractivity contribution < 1.29 is 9.59 Å². The lowest BCUT2D eigenvalue weighted by Crippen LogP contribution is -2.35. The van der Waals surface area contributed by atoms with E-state index in [1.807, 2.05) is 18.5 Å². The normalized spacial score (nSPS) is 16.9. The number of carbonyl (C=O) groups is 2. The van der Waals surface area contributed by atoms with Crippen molar-refractivity contribution >= 4 is 27.7 Å². The van der Waals surface area contributed by atoms with E-state index >= 15 is 0 Å². The Hall–Kier alpha value is -1.17. The van der Waals surface area contributed by atoms with Crippen LogP contribution in [0.15, 0.2) is 4.47 Å². The van der Waals surface area contributed by atoms with E-state index in [0.29, 0.717) is 19.4 Å². The summed E-state index contributed by atoms with van der Waals surface area (Å²) in [5.74, 6) is -0.146. The van der Waals surface area contributed by atoms with E-state index in [-0.39, 0.29) is 11.8 Å². The van der Waals surface area contributed by atoms with Crippen LogP contribution in [0, 0.1) is 6.92 Å². The highest BCUT2D eigenvalue weighted by Gasteiger charge is 2.26. The first kappa shape index (κ1) is 14.2. The molecule has 0 spiro atoms. The number of rotatable bonds is 3. The molecule has 0 radical (unpaired) electrons. The molecular weight excluding hydrogens is 310 g/mol. The van der Waals surface area contributed by atoms with Gasteiger partial charge in [0.15, 0.2) is 0 Å². The van der Waals surface area contributed by atoms with Crippen molar-refractivity contribution in [2.45, 2.75) is 52.6 Å². The highest BCUT2D eigenvalue weighted by atomic mass is 79.9. The Labute approximate surface area is 121 Å². The highest BCUT2D eigenvalue weighted by Crippen LogP contribution is 2.24. The summed E-state index contributed by atoms with van der Waals surface area (Å²) in [6, 6.07) is 0. The quantitative estimate of drug-likeness (QED) is 0.801. The van der Waals surface area contributed by atoms with Gasteiger partial charge in [-0.25, -0.2) is 0 Å². The van der Waals surface area contributed by atoms with Crippen molar-refractivity contribution in [2.24, 2.45) is 0 Å². The van der Waals surface area contributed by atoms with E-state index in [0.717, 1.165) is 35.2 Å².